The van der Waals surface area contributed by atoms with Crippen molar-refractivity contribution in [1.82, 2.24) is 9.97 Å². The number of nitrogens with zero attached hydrogens (tertiary/aromatic N) is 2. The van der Waals surface area contributed by atoms with Crippen LogP contribution < -0.4 is 0 Å². The van der Waals surface area contributed by atoms with Gasteiger partial charge in [-0.05, 0) is 18.9 Å². The smallest absolute Gasteiger partial charge is 0.142 e. The largest absolute Gasteiger partial charge is 0.241 e. The van der Waals surface area contributed by atoms with Gasteiger partial charge in [0.1, 0.15) is 18.7 Å². The zero-order valence-corrected chi connectivity index (χ0v) is 11.2. The summed E-state index contributed by atoms with van der Waals surface area (Å²) in [6, 6.07) is 1.47. The lowest BCUT2D eigenvalue weighted by Crippen LogP contribution is -2.02. The van der Waals surface area contributed by atoms with Crippen molar-refractivity contribution < 1.29 is 8.78 Å². The molecule has 0 bridgehead atoms. The van der Waals surface area contributed by atoms with Gasteiger partial charge in [0.25, 0.3) is 0 Å². The first-order valence-electron chi connectivity index (χ1n) is 6.79. The molecule has 0 aliphatic rings. The molecule has 1 heterocycles. The second kappa shape index (κ2) is 8.11. The predicted molar refractivity (Wildman–Crippen MR) is 68.8 cm³/mol. The molecule has 0 radical (unpaired) electrons. The van der Waals surface area contributed by atoms with Gasteiger partial charge in [-0.25, -0.2) is 18.7 Å². The number of hydrogen-bond acceptors (Lipinski definition) is 2. The molecule has 1 aromatic heterocycles. The fourth-order valence-corrected chi connectivity index (χ4v) is 1.79. The average Bonchev–Trinajstić information content (AvgIpc) is 2.42. The SMILES string of the molecule is CCCCC(F)c1cc(C(F)CCCC)ncn1. The molecule has 102 valence electrons. The minimum Gasteiger partial charge on any atom is -0.241 e. The number of halogens is 2. The lowest BCUT2D eigenvalue weighted by molar-refractivity contribution is 0.296. The molecule has 0 saturated carbocycles. The first-order chi connectivity index (χ1) is 8.69. The molecule has 0 aliphatic heterocycles. The number of aromatic nitrogens is 2. The third-order valence-electron chi connectivity index (χ3n) is 2.97. The van der Waals surface area contributed by atoms with Crippen molar-refractivity contribution in [3.63, 3.8) is 0 Å². The molecule has 0 saturated heterocycles. The standard InChI is InChI=1S/C14H22F2N2/c1-3-5-7-11(15)13-9-14(18-10-17-13)12(16)8-6-4-2/h9-12H,3-8H2,1-2H3. The number of unbranched alkanes of at least 4 members (excludes halogenated alkanes) is 2. The summed E-state index contributed by atoms with van der Waals surface area (Å²) in [5.74, 6) is 0. The lowest BCUT2D eigenvalue weighted by Gasteiger charge is -2.10. The zero-order chi connectivity index (χ0) is 13.4. The Balaban J connectivity index is 2.66. The van der Waals surface area contributed by atoms with Crippen LogP contribution in [0, 0.1) is 0 Å². The molecule has 18 heavy (non-hydrogen) atoms. The summed E-state index contributed by atoms with van der Waals surface area (Å²) in [4.78, 5) is 7.80. The second-order valence-electron chi connectivity index (χ2n) is 4.59. The van der Waals surface area contributed by atoms with Crippen LogP contribution in [0.15, 0.2) is 12.4 Å². The van der Waals surface area contributed by atoms with E-state index in [0.29, 0.717) is 24.2 Å². The van der Waals surface area contributed by atoms with Crippen molar-refractivity contribution in [2.75, 3.05) is 0 Å². The highest BCUT2D eigenvalue weighted by molar-refractivity contribution is 5.13. The number of rotatable bonds is 8. The van der Waals surface area contributed by atoms with E-state index in [9.17, 15) is 8.78 Å². The van der Waals surface area contributed by atoms with Gasteiger partial charge in [0.15, 0.2) is 0 Å². The van der Waals surface area contributed by atoms with Gasteiger partial charge >= 0.3 is 0 Å². The minimum absolute atomic E-state index is 0.313. The number of alkyl halides is 2. The summed E-state index contributed by atoms with van der Waals surface area (Å²) in [5.41, 5.74) is 0.625. The van der Waals surface area contributed by atoms with E-state index in [4.69, 9.17) is 0 Å². The normalized spacial score (nSPS) is 14.4. The molecule has 0 spiro atoms. The molecule has 0 aliphatic carbocycles. The van der Waals surface area contributed by atoms with E-state index in [1.165, 1.54) is 12.4 Å². The van der Waals surface area contributed by atoms with E-state index >= 15 is 0 Å². The van der Waals surface area contributed by atoms with E-state index in [-0.39, 0.29) is 0 Å². The first kappa shape index (κ1) is 15.0. The maximum atomic E-state index is 13.8. The quantitative estimate of drug-likeness (QED) is 0.662. The van der Waals surface area contributed by atoms with Crippen LogP contribution in [0.25, 0.3) is 0 Å². The Labute approximate surface area is 108 Å². The van der Waals surface area contributed by atoms with Crippen molar-refractivity contribution in [3.05, 3.63) is 23.8 Å². The molecule has 2 nitrogen and oxygen atoms in total. The predicted octanol–water partition coefficient (Wildman–Crippen LogP) is 4.88. The Morgan fingerprint density at radius 1 is 0.944 bits per heavy atom. The minimum atomic E-state index is -1.11. The summed E-state index contributed by atoms with van der Waals surface area (Å²) in [6.45, 7) is 4.03. The van der Waals surface area contributed by atoms with Gasteiger partial charge in [0.2, 0.25) is 0 Å². The van der Waals surface area contributed by atoms with Crippen LogP contribution in [0.2, 0.25) is 0 Å². The van der Waals surface area contributed by atoms with E-state index in [2.05, 4.69) is 9.97 Å². The molecule has 1 rings (SSSR count). The van der Waals surface area contributed by atoms with Crippen LogP contribution in [-0.2, 0) is 0 Å². The van der Waals surface area contributed by atoms with Crippen molar-refractivity contribution in [2.45, 2.75) is 64.7 Å². The van der Waals surface area contributed by atoms with Crippen LogP contribution >= 0.6 is 0 Å². The van der Waals surface area contributed by atoms with Gasteiger partial charge < -0.3 is 0 Å². The Hall–Kier alpha value is -1.06. The lowest BCUT2D eigenvalue weighted by atomic mass is 10.1. The molecule has 1 aromatic rings. The van der Waals surface area contributed by atoms with Gasteiger partial charge in [-0.2, -0.15) is 0 Å². The highest BCUT2D eigenvalue weighted by Crippen LogP contribution is 2.26. The molecular formula is C14H22F2N2. The fourth-order valence-electron chi connectivity index (χ4n) is 1.79. The summed E-state index contributed by atoms with van der Waals surface area (Å²) < 4.78 is 27.6. The summed E-state index contributed by atoms with van der Waals surface area (Å²) in [7, 11) is 0. The number of hydrogen-bond donors (Lipinski definition) is 0. The summed E-state index contributed by atoms with van der Waals surface area (Å²) in [6.07, 6.45) is 3.46. The Bertz CT molecular complexity index is 315. The molecule has 2 atom stereocenters. The molecule has 0 fully saturated rings. The van der Waals surface area contributed by atoms with Gasteiger partial charge in [-0.1, -0.05) is 39.5 Å². The maximum absolute atomic E-state index is 13.8. The van der Waals surface area contributed by atoms with Gasteiger partial charge in [-0.15, -0.1) is 0 Å². The van der Waals surface area contributed by atoms with Crippen molar-refractivity contribution >= 4 is 0 Å². The molecular weight excluding hydrogens is 234 g/mol. The molecule has 0 N–H and O–H groups in total. The van der Waals surface area contributed by atoms with E-state index in [0.717, 1.165) is 25.7 Å². The summed E-state index contributed by atoms with van der Waals surface area (Å²) in [5, 5.41) is 0. The molecule has 4 heteroatoms. The Morgan fingerprint density at radius 3 is 1.78 bits per heavy atom. The van der Waals surface area contributed by atoms with Crippen LogP contribution in [0.4, 0.5) is 8.78 Å². The van der Waals surface area contributed by atoms with Gasteiger partial charge in [0, 0.05) is 0 Å². The Morgan fingerprint density at radius 2 is 1.39 bits per heavy atom. The van der Waals surface area contributed by atoms with Crippen molar-refractivity contribution in [3.8, 4) is 0 Å². The van der Waals surface area contributed by atoms with Gasteiger partial charge in [-0.3, -0.25) is 0 Å². The van der Waals surface area contributed by atoms with Crippen LogP contribution in [0.1, 0.15) is 76.1 Å². The second-order valence-corrected chi connectivity index (χ2v) is 4.59. The Kier molecular flexibility index (Phi) is 6.76. The van der Waals surface area contributed by atoms with Crippen molar-refractivity contribution in [2.24, 2.45) is 0 Å². The molecule has 2 unspecified atom stereocenters. The fraction of sp³-hybridized carbons (Fsp3) is 0.714. The highest BCUT2D eigenvalue weighted by atomic mass is 19.1. The van der Waals surface area contributed by atoms with E-state index in [1.54, 1.807) is 0 Å². The monoisotopic (exact) mass is 256 g/mol. The topological polar surface area (TPSA) is 25.8 Å². The zero-order valence-electron chi connectivity index (χ0n) is 11.2. The van der Waals surface area contributed by atoms with E-state index in [1.807, 2.05) is 13.8 Å². The van der Waals surface area contributed by atoms with Crippen LogP contribution in [0.5, 0.6) is 0 Å². The van der Waals surface area contributed by atoms with Crippen LogP contribution in [0.3, 0.4) is 0 Å². The molecule has 0 amide bonds. The maximum Gasteiger partial charge on any atom is 0.142 e. The molecule has 0 aromatic carbocycles. The third-order valence-corrected chi connectivity index (χ3v) is 2.97. The average molecular weight is 256 g/mol. The van der Waals surface area contributed by atoms with Gasteiger partial charge in [0.05, 0.1) is 11.4 Å². The highest BCUT2D eigenvalue weighted by Gasteiger charge is 2.16. The van der Waals surface area contributed by atoms with Crippen molar-refractivity contribution in [1.29, 1.82) is 0 Å². The summed E-state index contributed by atoms with van der Waals surface area (Å²) >= 11 is 0. The third kappa shape index (κ3) is 4.67. The first-order valence-corrected chi connectivity index (χ1v) is 6.79. The van der Waals surface area contributed by atoms with Crippen LogP contribution in [-0.4, -0.2) is 9.97 Å². The van der Waals surface area contributed by atoms with E-state index < -0.39 is 12.3 Å².